The molecule has 1 aromatic rings. The van der Waals surface area contributed by atoms with Crippen LogP contribution in [0.15, 0.2) is 54.6 Å². The predicted octanol–water partition coefficient (Wildman–Crippen LogP) is 3.73. The molecule has 0 saturated carbocycles. The van der Waals surface area contributed by atoms with Crippen LogP contribution in [0.4, 0.5) is 5.69 Å². The molecule has 2 nitrogen and oxygen atoms in total. The van der Waals surface area contributed by atoms with Gasteiger partial charge in [-0.15, -0.1) is 0 Å². The maximum absolute atomic E-state index is 2.56. The summed E-state index contributed by atoms with van der Waals surface area (Å²) in [6.07, 6.45) is 0. The van der Waals surface area contributed by atoms with Gasteiger partial charge in [-0.05, 0) is 32.9 Å². The van der Waals surface area contributed by atoms with E-state index in [0.29, 0.717) is 0 Å². The van der Waals surface area contributed by atoms with Crippen molar-refractivity contribution < 1.29 is 0 Å². The summed E-state index contributed by atoms with van der Waals surface area (Å²) in [7, 11) is 0. The van der Waals surface area contributed by atoms with Gasteiger partial charge in [0, 0.05) is 37.4 Å². The van der Waals surface area contributed by atoms with Crippen molar-refractivity contribution in [3.8, 4) is 0 Å². The minimum atomic E-state index is 0.278. The second kappa shape index (κ2) is 6.76. The Balaban J connectivity index is 2.11. The number of piperazine rings is 1. The molecule has 1 aromatic carbocycles. The van der Waals surface area contributed by atoms with Crippen molar-refractivity contribution in [3.63, 3.8) is 0 Å². The summed E-state index contributed by atoms with van der Waals surface area (Å²) in [5.41, 5.74) is 1.58. The molecule has 1 aliphatic rings. The highest BCUT2D eigenvalue weighted by Gasteiger charge is 2.25. The molecule has 0 N–H and O–H groups in total. The lowest BCUT2D eigenvalue weighted by molar-refractivity contribution is 0.128. The molecule has 0 atom stereocenters. The largest absolute Gasteiger partial charge is 0.369 e. The Morgan fingerprint density at radius 2 is 1.15 bits per heavy atom. The van der Waals surface area contributed by atoms with Gasteiger partial charge in [-0.3, -0.25) is 4.90 Å². The van der Waals surface area contributed by atoms with E-state index in [1.165, 1.54) is 5.69 Å². The Hall–Kier alpha value is -1.54. The highest BCUT2D eigenvalue weighted by Crippen LogP contribution is 2.19. The molecule has 0 amide bonds. The normalized spacial score (nSPS) is 16.6. The lowest BCUT2D eigenvalue weighted by atomic mass is 10.0. The molecule has 2 rings (SSSR count). The van der Waals surface area contributed by atoms with Crippen LogP contribution in [0, 0.1) is 0 Å². The average Bonchev–Trinajstić information content (AvgIpc) is 2.44. The van der Waals surface area contributed by atoms with Gasteiger partial charge in [-0.1, -0.05) is 42.5 Å². The summed E-state index contributed by atoms with van der Waals surface area (Å²) < 4.78 is 0. The van der Waals surface area contributed by atoms with E-state index in [1.54, 1.807) is 0 Å². The first kappa shape index (κ1) is 14.9. The van der Waals surface area contributed by atoms with E-state index in [1.807, 2.05) is 6.07 Å². The highest BCUT2D eigenvalue weighted by atomic mass is 15.3. The molecule has 0 unspecified atom stereocenters. The van der Waals surface area contributed by atoms with E-state index >= 15 is 0 Å². The molecule has 0 bridgehead atoms. The van der Waals surface area contributed by atoms with Gasteiger partial charge in [0.15, 0.2) is 0 Å². The Morgan fingerprint density at radius 1 is 0.700 bits per heavy atom. The van der Waals surface area contributed by atoms with Crippen LogP contribution >= 0.6 is 0 Å². The summed E-state index contributed by atoms with van der Waals surface area (Å²) in [6, 6.07) is 18.9. The summed E-state index contributed by atoms with van der Waals surface area (Å²) >= 11 is 0. The lowest BCUT2D eigenvalue weighted by Gasteiger charge is -2.43. The van der Waals surface area contributed by atoms with Crippen LogP contribution < -0.4 is 4.90 Å². The summed E-state index contributed by atoms with van der Waals surface area (Å²) in [5, 5.41) is 0. The standard InChI is InChI=1S/C18H26N2/c1-18(2,3)20-15-13-19(14-16-20)17-11-9-7-5-4-6-8-10-12-17/h4-12H,13-16H2,1-3H3. The van der Waals surface area contributed by atoms with Crippen LogP contribution in [-0.4, -0.2) is 36.6 Å². The van der Waals surface area contributed by atoms with Crippen LogP contribution in [0.3, 0.4) is 0 Å². The third-order valence-electron chi connectivity index (χ3n) is 3.79. The first-order valence-corrected chi connectivity index (χ1v) is 7.46. The van der Waals surface area contributed by atoms with Crippen molar-refractivity contribution in [2.75, 3.05) is 31.1 Å². The van der Waals surface area contributed by atoms with E-state index in [9.17, 15) is 0 Å². The minimum absolute atomic E-state index is 0.278. The molecule has 2 heteroatoms. The van der Waals surface area contributed by atoms with Crippen molar-refractivity contribution in [1.82, 2.24) is 4.90 Å². The molecule has 0 spiro atoms. The van der Waals surface area contributed by atoms with Gasteiger partial charge in [0.05, 0.1) is 0 Å². The zero-order valence-corrected chi connectivity index (χ0v) is 12.9. The first-order valence-electron chi connectivity index (χ1n) is 7.46. The van der Waals surface area contributed by atoms with Crippen molar-refractivity contribution in [1.29, 1.82) is 0 Å². The third-order valence-corrected chi connectivity index (χ3v) is 3.79. The Bertz CT molecular complexity index is 442. The summed E-state index contributed by atoms with van der Waals surface area (Å²) in [5.74, 6) is 0. The molecule has 0 aromatic heterocycles. The lowest BCUT2D eigenvalue weighted by Crippen LogP contribution is -2.53. The van der Waals surface area contributed by atoms with Crippen LogP contribution in [-0.2, 0) is 0 Å². The first-order chi connectivity index (χ1) is 9.57. The molecule has 1 aliphatic heterocycles. The van der Waals surface area contributed by atoms with Gasteiger partial charge in [0.2, 0.25) is 0 Å². The van der Waals surface area contributed by atoms with E-state index in [-0.39, 0.29) is 5.54 Å². The zero-order valence-electron chi connectivity index (χ0n) is 12.9. The number of anilines is 1. The second-order valence-electron chi connectivity index (χ2n) is 6.25. The van der Waals surface area contributed by atoms with Crippen molar-refractivity contribution >= 4 is 5.69 Å². The summed E-state index contributed by atoms with van der Waals surface area (Å²) in [6.45, 7) is 11.4. The van der Waals surface area contributed by atoms with Gasteiger partial charge in [0.1, 0.15) is 0 Å². The molecular weight excluding hydrogens is 244 g/mol. The molecule has 0 radical (unpaired) electrons. The smallest absolute Gasteiger partial charge is 0.0367 e. The number of rotatable bonds is 1. The van der Waals surface area contributed by atoms with Gasteiger partial charge in [0.25, 0.3) is 0 Å². The van der Waals surface area contributed by atoms with Gasteiger partial charge in [-0.2, -0.15) is 0 Å². The zero-order chi connectivity index (χ0) is 14.4. The molecule has 0 aliphatic carbocycles. The SMILES string of the molecule is CC(C)(C)N1CCN(c2ccccccccc2)CC1. The molecule has 1 saturated heterocycles. The maximum Gasteiger partial charge on any atom is 0.0367 e. The monoisotopic (exact) mass is 270 g/mol. The van der Waals surface area contributed by atoms with Gasteiger partial charge >= 0.3 is 0 Å². The molecular formula is C18H26N2. The molecule has 20 heavy (non-hydrogen) atoms. The maximum atomic E-state index is 2.56. The Labute approximate surface area is 123 Å². The van der Waals surface area contributed by atoms with Crippen LogP contribution in [0.25, 0.3) is 0 Å². The highest BCUT2D eigenvalue weighted by molar-refractivity contribution is 5.45. The topological polar surface area (TPSA) is 6.48 Å². The van der Waals surface area contributed by atoms with E-state index in [0.717, 1.165) is 26.2 Å². The van der Waals surface area contributed by atoms with Crippen molar-refractivity contribution in [3.05, 3.63) is 54.6 Å². The number of hydrogen-bond donors (Lipinski definition) is 0. The fourth-order valence-electron chi connectivity index (χ4n) is 2.53. The van der Waals surface area contributed by atoms with Crippen LogP contribution in [0.5, 0.6) is 0 Å². The minimum Gasteiger partial charge on any atom is -0.369 e. The van der Waals surface area contributed by atoms with E-state index in [4.69, 9.17) is 0 Å². The fraction of sp³-hybridized carbons (Fsp3) is 0.444. The number of hydrogen-bond acceptors (Lipinski definition) is 2. The predicted molar refractivity (Wildman–Crippen MR) is 87.6 cm³/mol. The van der Waals surface area contributed by atoms with Crippen LogP contribution in [0.2, 0.25) is 0 Å². The fourth-order valence-corrected chi connectivity index (χ4v) is 2.53. The summed E-state index contributed by atoms with van der Waals surface area (Å²) in [4.78, 5) is 5.04. The Morgan fingerprint density at radius 3 is 1.60 bits per heavy atom. The van der Waals surface area contributed by atoms with Crippen molar-refractivity contribution in [2.24, 2.45) is 0 Å². The van der Waals surface area contributed by atoms with Gasteiger partial charge < -0.3 is 4.90 Å². The molecule has 1 heterocycles. The third kappa shape index (κ3) is 4.24. The van der Waals surface area contributed by atoms with Crippen molar-refractivity contribution in [2.45, 2.75) is 26.3 Å². The van der Waals surface area contributed by atoms with E-state index < -0.39 is 0 Å². The average molecular weight is 270 g/mol. The van der Waals surface area contributed by atoms with E-state index in [2.05, 4.69) is 79.1 Å². The Kier molecular flexibility index (Phi) is 5.02. The van der Waals surface area contributed by atoms with Crippen LogP contribution in [0.1, 0.15) is 20.8 Å². The van der Waals surface area contributed by atoms with Gasteiger partial charge in [-0.25, -0.2) is 0 Å². The molecule has 108 valence electrons. The molecule has 1 fully saturated rings. The number of nitrogens with zero attached hydrogens (tertiary/aromatic N) is 2. The quantitative estimate of drug-likeness (QED) is 0.767. The second-order valence-corrected chi connectivity index (χ2v) is 6.25.